The summed E-state index contributed by atoms with van der Waals surface area (Å²) in [5.41, 5.74) is 9.20. The summed E-state index contributed by atoms with van der Waals surface area (Å²) in [6, 6.07) is 9.83. The van der Waals surface area contributed by atoms with E-state index in [1.807, 2.05) is 48.6 Å². The normalized spacial score (nSPS) is 11.9. The molecule has 0 unspecified atom stereocenters. The van der Waals surface area contributed by atoms with Gasteiger partial charge in [0.25, 0.3) is 0 Å². The molecule has 2 heterocycles. The van der Waals surface area contributed by atoms with E-state index in [0.29, 0.717) is 11.5 Å². The van der Waals surface area contributed by atoms with Gasteiger partial charge in [0.1, 0.15) is 17.8 Å². The molecule has 2 aromatic heterocycles. The van der Waals surface area contributed by atoms with Crippen molar-refractivity contribution < 1.29 is 0 Å². The summed E-state index contributed by atoms with van der Waals surface area (Å²) >= 11 is 0. The first-order valence-electron chi connectivity index (χ1n) is 7.43. The molecule has 5 heteroatoms. The van der Waals surface area contributed by atoms with Crippen LogP contribution in [0.3, 0.4) is 0 Å². The molecule has 0 saturated carbocycles. The second kappa shape index (κ2) is 6.75. The maximum atomic E-state index is 6.09. The van der Waals surface area contributed by atoms with Crippen molar-refractivity contribution in [3.05, 3.63) is 80.2 Å². The lowest BCUT2D eigenvalue weighted by Gasteiger charge is -2.02. The molecule has 0 radical (unpaired) electrons. The van der Waals surface area contributed by atoms with E-state index in [9.17, 15) is 0 Å². The fourth-order valence-corrected chi connectivity index (χ4v) is 2.41. The van der Waals surface area contributed by atoms with Crippen LogP contribution < -0.4 is 5.73 Å². The van der Waals surface area contributed by atoms with Crippen molar-refractivity contribution in [3.8, 4) is 11.3 Å². The molecule has 0 amide bonds. The summed E-state index contributed by atoms with van der Waals surface area (Å²) in [7, 11) is 0. The van der Waals surface area contributed by atoms with E-state index < -0.39 is 0 Å². The SMILES string of the molecule is C=C/C=C\C=C(/C=C)n1nc(-c2ccccc2)c2c(N)ncnc21. The van der Waals surface area contributed by atoms with Gasteiger partial charge in [-0.2, -0.15) is 5.10 Å². The third kappa shape index (κ3) is 2.75. The summed E-state index contributed by atoms with van der Waals surface area (Å²) in [6.45, 7) is 7.52. The Bertz CT molecular complexity index is 949. The molecule has 118 valence electrons. The van der Waals surface area contributed by atoms with E-state index in [2.05, 4.69) is 23.1 Å². The van der Waals surface area contributed by atoms with Crippen molar-refractivity contribution in [2.75, 3.05) is 5.73 Å². The molecule has 0 bridgehead atoms. The Hall–Kier alpha value is -3.47. The van der Waals surface area contributed by atoms with Crippen LogP contribution in [0.2, 0.25) is 0 Å². The molecule has 5 nitrogen and oxygen atoms in total. The second-order valence-corrected chi connectivity index (χ2v) is 5.00. The fourth-order valence-electron chi connectivity index (χ4n) is 2.41. The summed E-state index contributed by atoms with van der Waals surface area (Å²) in [5.74, 6) is 0.398. The molecule has 1 aromatic carbocycles. The van der Waals surface area contributed by atoms with Crippen LogP contribution in [0.15, 0.2) is 80.2 Å². The Kier molecular flexibility index (Phi) is 4.34. The van der Waals surface area contributed by atoms with Crippen LogP contribution in [0.25, 0.3) is 28.0 Å². The monoisotopic (exact) mass is 315 g/mol. The van der Waals surface area contributed by atoms with Gasteiger partial charge in [0.2, 0.25) is 0 Å². The number of anilines is 1. The van der Waals surface area contributed by atoms with Crippen molar-refractivity contribution in [3.63, 3.8) is 0 Å². The first-order valence-corrected chi connectivity index (χ1v) is 7.43. The van der Waals surface area contributed by atoms with Crippen molar-refractivity contribution in [1.29, 1.82) is 0 Å². The van der Waals surface area contributed by atoms with E-state index in [-0.39, 0.29) is 0 Å². The summed E-state index contributed by atoms with van der Waals surface area (Å²) in [5, 5.41) is 5.43. The highest BCUT2D eigenvalue weighted by Gasteiger charge is 2.17. The fraction of sp³-hybridized carbons (Fsp3) is 0. The first-order chi connectivity index (χ1) is 11.8. The number of nitrogen functional groups attached to an aromatic ring is 1. The van der Waals surface area contributed by atoms with Crippen LogP contribution in [-0.2, 0) is 0 Å². The topological polar surface area (TPSA) is 69.6 Å². The number of allylic oxidation sites excluding steroid dienone is 6. The van der Waals surface area contributed by atoms with Gasteiger partial charge in [-0.05, 0) is 12.2 Å². The molecule has 0 atom stereocenters. The van der Waals surface area contributed by atoms with E-state index in [1.165, 1.54) is 6.33 Å². The molecule has 2 N–H and O–H groups in total. The molecule has 0 fully saturated rings. The zero-order chi connectivity index (χ0) is 16.9. The molecule has 3 rings (SSSR count). The van der Waals surface area contributed by atoms with Crippen molar-refractivity contribution in [1.82, 2.24) is 19.7 Å². The van der Waals surface area contributed by atoms with Gasteiger partial charge in [-0.3, -0.25) is 0 Å². The van der Waals surface area contributed by atoms with Gasteiger partial charge in [0, 0.05) is 5.56 Å². The Labute approximate surface area is 140 Å². The Morgan fingerprint density at radius 2 is 1.88 bits per heavy atom. The Morgan fingerprint density at radius 3 is 2.58 bits per heavy atom. The zero-order valence-electron chi connectivity index (χ0n) is 13.1. The largest absolute Gasteiger partial charge is 0.383 e. The minimum atomic E-state index is 0.398. The lowest BCUT2D eigenvalue weighted by molar-refractivity contribution is 0.928. The predicted octanol–water partition coefficient (Wildman–Crippen LogP) is 3.84. The van der Waals surface area contributed by atoms with Gasteiger partial charge in [-0.15, -0.1) is 0 Å². The summed E-state index contributed by atoms with van der Waals surface area (Å²) in [4.78, 5) is 8.47. The number of hydrogen-bond acceptors (Lipinski definition) is 4. The maximum absolute atomic E-state index is 6.09. The van der Waals surface area contributed by atoms with Crippen molar-refractivity contribution >= 4 is 22.5 Å². The number of nitrogens with two attached hydrogens (primary N) is 1. The van der Waals surface area contributed by atoms with Gasteiger partial charge in [0.15, 0.2) is 5.65 Å². The third-order valence-corrected chi connectivity index (χ3v) is 3.51. The summed E-state index contributed by atoms with van der Waals surface area (Å²) < 4.78 is 1.72. The Balaban J connectivity index is 2.29. The smallest absolute Gasteiger partial charge is 0.169 e. The van der Waals surface area contributed by atoms with Crippen LogP contribution >= 0.6 is 0 Å². The van der Waals surface area contributed by atoms with Crippen LogP contribution in [0.1, 0.15) is 0 Å². The van der Waals surface area contributed by atoms with Gasteiger partial charge >= 0.3 is 0 Å². The van der Waals surface area contributed by atoms with E-state index in [1.54, 1.807) is 16.8 Å². The molecule has 0 saturated heterocycles. The van der Waals surface area contributed by atoms with Crippen LogP contribution in [0.4, 0.5) is 5.82 Å². The van der Waals surface area contributed by atoms with E-state index in [4.69, 9.17) is 10.8 Å². The molecule has 24 heavy (non-hydrogen) atoms. The lowest BCUT2D eigenvalue weighted by atomic mass is 10.1. The van der Waals surface area contributed by atoms with E-state index in [0.717, 1.165) is 22.3 Å². The third-order valence-electron chi connectivity index (χ3n) is 3.51. The quantitative estimate of drug-likeness (QED) is 0.726. The zero-order valence-corrected chi connectivity index (χ0v) is 13.1. The van der Waals surface area contributed by atoms with Crippen LogP contribution in [-0.4, -0.2) is 19.7 Å². The Morgan fingerprint density at radius 1 is 1.08 bits per heavy atom. The molecule has 0 aliphatic carbocycles. The lowest BCUT2D eigenvalue weighted by Crippen LogP contribution is -1.99. The maximum Gasteiger partial charge on any atom is 0.169 e. The van der Waals surface area contributed by atoms with Gasteiger partial charge < -0.3 is 5.73 Å². The van der Waals surface area contributed by atoms with Gasteiger partial charge in [0.05, 0.1) is 11.1 Å². The number of aromatic nitrogens is 4. The van der Waals surface area contributed by atoms with Gasteiger partial charge in [-0.1, -0.05) is 61.7 Å². The van der Waals surface area contributed by atoms with Gasteiger partial charge in [-0.25, -0.2) is 14.6 Å². The molecule has 0 aliphatic heterocycles. The molecular weight excluding hydrogens is 298 g/mol. The highest BCUT2D eigenvalue weighted by atomic mass is 15.3. The minimum Gasteiger partial charge on any atom is -0.383 e. The number of benzene rings is 1. The molecular formula is C19H17N5. The second-order valence-electron chi connectivity index (χ2n) is 5.00. The summed E-state index contributed by atoms with van der Waals surface area (Å²) in [6.07, 6.45) is 10.4. The molecule has 0 spiro atoms. The van der Waals surface area contributed by atoms with E-state index >= 15 is 0 Å². The number of hydrogen-bond donors (Lipinski definition) is 1. The first kappa shape index (κ1) is 15.4. The van der Waals surface area contributed by atoms with Crippen LogP contribution in [0, 0.1) is 0 Å². The average Bonchev–Trinajstić information content (AvgIpc) is 3.01. The molecule has 0 aliphatic rings. The highest BCUT2D eigenvalue weighted by Crippen LogP contribution is 2.31. The minimum absolute atomic E-state index is 0.398. The number of rotatable bonds is 5. The number of fused-ring (bicyclic) bond motifs is 1. The highest BCUT2D eigenvalue weighted by molar-refractivity contribution is 5.99. The van der Waals surface area contributed by atoms with Crippen molar-refractivity contribution in [2.45, 2.75) is 0 Å². The molecule has 3 aromatic rings. The van der Waals surface area contributed by atoms with Crippen molar-refractivity contribution in [2.24, 2.45) is 0 Å². The standard InChI is InChI=1S/C19H17N5/c1-3-5-7-12-15(4-2)24-19-16(18(20)21-13-22-19)17(23-24)14-10-8-6-9-11-14/h3-13H,1-2H2,(H2,20,21,22)/b7-5-,15-12+. The average molecular weight is 315 g/mol. The number of nitrogens with zero attached hydrogens (tertiary/aromatic N) is 4. The van der Waals surface area contributed by atoms with Crippen LogP contribution in [0.5, 0.6) is 0 Å². The predicted molar refractivity (Wildman–Crippen MR) is 99.0 cm³/mol.